The maximum Gasteiger partial charge on any atom is 0.169 e. The molecule has 182 valence electrons. The Morgan fingerprint density at radius 2 is 1.67 bits per heavy atom. The van der Waals surface area contributed by atoms with Gasteiger partial charge in [-0.15, -0.1) is 0 Å². The third-order valence-electron chi connectivity index (χ3n) is 6.03. The first-order valence-electron chi connectivity index (χ1n) is 12.0. The molecule has 0 aromatic heterocycles. The monoisotopic (exact) mass is 483 g/mol. The van der Waals surface area contributed by atoms with E-state index in [2.05, 4.69) is 67.1 Å². The third-order valence-corrected chi connectivity index (χ3v) is 6.03. The van der Waals surface area contributed by atoms with Crippen LogP contribution in [0.3, 0.4) is 0 Å². The number of rotatable bonds is 7. The zero-order valence-electron chi connectivity index (χ0n) is 20.5. The number of hydrogen-bond acceptors (Lipinski definition) is 3. The first-order chi connectivity index (χ1) is 17.4. The van der Waals surface area contributed by atoms with Gasteiger partial charge in [0.1, 0.15) is 11.4 Å². The van der Waals surface area contributed by atoms with Gasteiger partial charge >= 0.3 is 0 Å². The van der Waals surface area contributed by atoms with Gasteiger partial charge in [0, 0.05) is 18.9 Å². The molecule has 0 atom stereocenters. The van der Waals surface area contributed by atoms with Crippen LogP contribution < -0.4 is 4.74 Å². The summed E-state index contributed by atoms with van der Waals surface area (Å²) >= 11 is 0. The first-order valence-corrected chi connectivity index (χ1v) is 12.0. The van der Waals surface area contributed by atoms with E-state index >= 15 is 0 Å². The fourth-order valence-electron chi connectivity index (χ4n) is 4.16. The number of nitrogens with zero attached hydrogens (tertiary/aromatic N) is 3. The SMILES string of the molecule is Cc1cc(OCC(C)C)ccc1-c1ccc(Cn2ccc3nc(-c4cccc(F)c4F)nc-3c2)cc1. The predicted molar refractivity (Wildman–Crippen MR) is 138 cm³/mol. The van der Waals surface area contributed by atoms with E-state index in [0.717, 1.165) is 22.9 Å². The fraction of sp³-hybridized carbons (Fsp3) is 0.200. The van der Waals surface area contributed by atoms with Crippen molar-refractivity contribution >= 4 is 0 Å². The summed E-state index contributed by atoms with van der Waals surface area (Å²) in [7, 11) is 0. The predicted octanol–water partition coefficient (Wildman–Crippen LogP) is 7.39. The molecule has 0 N–H and O–H groups in total. The number of fused-ring (bicyclic) bond motifs is 1. The van der Waals surface area contributed by atoms with Crippen LogP contribution in [-0.2, 0) is 6.54 Å². The number of aryl methyl sites for hydroxylation is 1. The van der Waals surface area contributed by atoms with Gasteiger partial charge in [0.15, 0.2) is 17.5 Å². The van der Waals surface area contributed by atoms with Gasteiger partial charge in [-0.1, -0.05) is 50.2 Å². The van der Waals surface area contributed by atoms with Crippen LogP contribution in [0, 0.1) is 24.5 Å². The summed E-state index contributed by atoms with van der Waals surface area (Å²) < 4.78 is 35.6. The number of imidazole rings is 1. The number of benzene rings is 3. The number of halogens is 2. The average Bonchev–Trinajstić information content (AvgIpc) is 3.28. The highest BCUT2D eigenvalue weighted by molar-refractivity contribution is 5.68. The highest BCUT2D eigenvalue weighted by Gasteiger charge is 2.17. The molecule has 5 rings (SSSR count). The molecule has 3 aromatic carbocycles. The molecule has 3 aromatic rings. The van der Waals surface area contributed by atoms with Crippen LogP contribution in [0.15, 0.2) is 79.1 Å². The van der Waals surface area contributed by atoms with Crippen LogP contribution >= 0.6 is 0 Å². The summed E-state index contributed by atoms with van der Waals surface area (Å²) in [6.45, 7) is 7.72. The molecular formula is C30H27F2N3O. The first kappa shape index (κ1) is 23.7. The lowest BCUT2D eigenvalue weighted by molar-refractivity contribution is 0.271. The molecule has 2 aliphatic heterocycles. The second-order valence-electron chi connectivity index (χ2n) is 9.41. The normalized spacial score (nSPS) is 11.4. The lowest BCUT2D eigenvalue weighted by Crippen LogP contribution is -2.04. The highest BCUT2D eigenvalue weighted by Crippen LogP contribution is 2.29. The number of hydrogen-bond donors (Lipinski definition) is 0. The number of ether oxygens (including phenoxy) is 1. The Kier molecular flexibility index (Phi) is 6.51. The molecule has 0 saturated carbocycles. The van der Waals surface area contributed by atoms with Gasteiger partial charge in [-0.2, -0.15) is 0 Å². The van der Waals surface area contributed by atoms with Crippen molar-refractivity contribution in [2.45, 2.75) is 27.3 Å². The molecule has 0 radical (unpaired) electrons. The summed E-state index contributed by atoms with van der Waals surface area (Å²) in [6, 6.07) is 20.5. The van der Waals surface area contributed by atoms with Crippen molar-refractivity contribution in [1.82, 2.24) is 14.5 Å². The van der Waals surface area contributed by atoms with Gasteiger partial charge in [-0.25, -0.2) is 18.7 Å². The molecule has 0 bridgehead atoms. The Balaban J connectivity index is 1.32. The average molecular weight is 484 g/mol. The van der Waals surface area contributed by atoms with E-state index in [0.29, 0.717) is 30.5 Å². The fourth-order valence-corrected chi connectivity index (χ4v) is 4.16. The summed E-state index contributed by atoms with van der Waals surface area (Å²) in [6.07, 6.45) is 3.79. The standard InChI is InChI=1S/C30H27F2N3O/c1-19(2)18-36-23-11-12-24(20(3)15-23)22-9-7-21(8-10-22)16-35-14-13-27-28(17-35)34-30(33-27)25-5-4-6-26(31)29(25)32/h4-15,17,19H,16,18H2,1-3H3. The molecule has 6 heteroatoms. The molecule has 4 nitrogen and oxygen atoms in total. The summed E-state index contributed by atoms with van der Waals surface area (Å²) in [5.74, 6) is -0.285. The minimum absolute atomic E-state index is 0.0585. The van der Waals surface area contributed by atoms with Gasteiger partial charge in [-0.3, -0.25) is 0 Å². The van der Waals surface area contributed by atoms with Crippen LogP contribution in [0.2, 0.25) is 0 Å². The molecule has 0 aliphatic carbocycles. The van der Waals surface area contributed by atoms with Gasteiger partial charge in [0.25, 0.3) is 0 Å². The van der Waals surface area contributed by atoms with Crippen molar-refractivity contribution in [2.75, 3.05) is 6.61 Å². The maximum atomic E-state index is 14.2. The van der Waals surface area contributed by atoms with E-state index in [1.807, 2.05) is 29.1 Å². The van der Waals surface area contributed by atoms with Crippen LogP contribution in [0.4, 0.5) is 8.78 Å². The second-order valence-corrected chi connectivity index (χ2v) is 9.41. The summed E-state index contributed by atoms with van der Waals surface area (Å²) in [5, 5.41) is 0. The number of aromatic nitrogens is 3. The van der Waals surface area contributed by atoms with E-state index in [9.17, 15) is 8.78 Å². The molecule has 2 aliphatic rings. The Morgan fingerprint density at radius 1 is 0.889 bits per heavy atom. The molecular weight excluding hydrogens is 456 g/mol. The molecule has 0 amide bonds. The molecule has 2 heterocycles. The van der Waals surface area contributed by atoms with Crippen molar-refractivity contribution < 1.29 is 13.5 Å². The minimum atomic E-state index is -0.936. The Hall–Kier alpha value is -4.06. The van der Waals surface area contributed by atoms with Crippen molar-refractivity contribution in [1.29, 1.82) is 0 Å². The Morgan fingerprint density at radius 3 is 2.42 bits per heavy atom. The maximum absolute atomic E-state index is 14.2. The lowest BCUT2D eigenvalue weighted by atomic mass is 9.99. The van der Waals surface area contributed by atoms with Crippen LogP contribution in [0.25, 0.3) is 33.9 Å². The van der Waals surface area contributed by atoms with Gasteiger partial charge < -0.3 is 9.30 Å². The van der Waals surface area contributed by atoms with Gasteiger partial charge in [0.05, 0.1) is 17.9 Å². The summed E-state index contributed by atoms with van der Waals surface area (Å²) in [5.41, 5.74) is 5.95. The largest absolute Gasteiger partial charge is 0.493 e. The van der Waals surface area contributed by atoms with E-state index in [-0.39, 0.29) is 11.4 Å². The molecule has 0 unspecified atom stereocenters. The third kappa shape index (κ3) is 4.98. The van der Waals surface area contributed by atoms with Crippen molar-refractivity contribution in [3.63, 3.8) is 0 Å². The van der Waals surface area contributed by atoms with Crippen LogP contribution in [0.1, 0.15) is 25.0 Å². The minimum Gasteiger partial charge on any atom is -0.493 e. The molecule has 36 heavy (non-hydrogen) atoms. The van der Waals surface area contributed by atoms with E-state index in [1.165, 1.54) is 23.3 Å². The zero-order valence-corrected chi connectivity index (χ0v) is 20.5. The highest BCUT2D eigenvalue weighted by atomic mass is 19.2. The topological polar surface area (TPSA) is 39.9 Å². The van der Waals surface area contributed by atoms with Gasteiger partial charge in [0.2, 0.25) is 0 Å². The number of pyridine rings is 1. The van der Waals surface area contributed by atoms with Gasteiger partial charge in [-0.05, 0) is 65.4 Å². The van der Waals surface area contributed by atoms with E-state index < -0.39 is 11.6 Å². The van der Waals surface area contributed by atoms with Crippen molar-refractivity contribution in [3.05, 3.63) is 102 Å². The van der Waals surface area contributed by atoms with Crippen LogP contribution in [-0.4, -0.2) is 21.1 Å². The second kappa shape index (κ2) is 9.90. The lowest BCUT2D eigenvalue weighted by Gasteiger charge is -2.13. The Bertz CT molecular complexity index is 1470. The molecule has 0 saturated heterocycles. The van der Waals surface area contributed by atoms with E-state index in [1.54, 1.807) is 0 Å². The summed E-state index contributed by atoms with van der Waals surface area (Å²) in [4.78, 5) is 8.80. The molecule has 0 fully saturated rings. The van der Waals surface area contributed by atoms with Crippen molar-refractivity contribution in [2.24, 2.45) is 5.92 Å². The zero-order chi connectivity index (χ0) is 25.2. The van der Waals surface area contributed by atoms with E-state index in [4.69, 9.17) is 4.74 Å². The van der Waals surface area contributed by atoms with Crippen LogP contribution in [0.5, 0.6) is 5.75 Å². The molecule has 0 spiro atoms. The Labute approximate surface area is 209 Å². The quantitative estimate of drug-likeness (QED) is 0.242. The smallest absolute Gasteiger partial charge is 0.169 e. The van der Waals surface area contributed by atoms with Crippen molar-refractivity contribution in [3.8, 4) is 39.7 Å².